The number of nitrogens with zero attached hydrogens (tertiary/aromatic N) is 3. The van der Waals surface area contributed by atoms with E-state index in [2.05, 4.69) is 25.2 Å². The smallest absolute Gasteiger partial charge is 0.261 e. The van der Waals surface area contributed by atoms with Gasteiger partial charge in [0.1, 0.15) is 5.56 Å². The van der Waals surface area contributed by atoms with Crippen molar-refractivity contribution in [1.29, 1.82) is 0 Å². The number of H-pyrrole nitrogens is 1. The fraction of sp³-hybridized carbons (Fsp3) is 0.300. The summed E-state index contributed by atoms with van der Waals surface area (Å²) >= 11 is 0. The van der Waals surface area contributed by atoms with Crippen LogP contribution in [0.2, 0.25) is 0 Å². The molecular formula is C20H19N5O3. The Balaban J connectivity index is 1.26. The monoisotopic (exact) mass is 377 g/mol. The summed E-state index contributed by atoms with van der Waals surface area (Å²) in [6, 6.07) is 10.9. The quantitative estimate of drug-likeness (QED) is 0.709. The predicted molar refractivity (Wildman–Crippen MR) is 104 cm³/mol. The third-order valence-electron chi connectivity index (χ3n) is 5.60. The highest BCUT2D eigenvalue weighted by molar-refractivity contribution is 5.97. The first-order valence-electron chi connectivity index (χ1n) is 9.19. The number of para-hydroxylation sites is 1. The van der Waals surface area contributed by atoms with Crippen molar-refractivity contribution in [3.05, 3.63) is 58.5 Å². The van der Waals surface area contributed by atoms with Crippen molar-refractivity contribution in [1.82, 2.24) is 20.3 Å². The molecule has 0 radical (unpaired) electrons. The number of hydrogen-bond acceptors (Lipinski definition) is 6. The molecule has 3 atom stereocenters. The lowest BCUT2D eigenvalue weighted by atomic mass is 10.1. The average molecular weight is 377 g/mol. The molecule has 28 heavy (non-hydrogen) atoms. The molecule has 8 nitrogen and oxygen atoms in total. The van der Waals surface area contributed by atoms with Gasteiger partial charge in [-0.15, -0.1) is 0 Å². The van der Waals surface area contributed by atoms with Gasteiger partial charge in [0.05, 0.1) is 7.11 Å². The summed E-state index contributed by atoms with van der Waals surface area (Å²) in [5.74, 6) is 1.54. The molecule has 5 rings (SSSR count). The fourth-order valence-electron chi connectivity index (χ4n) is 4.05. The predicted octanol–water partition coefficient (Wildman–Crippen LogP) is 1.19. The maximum absolute atomic E-state index is 12.6. The topological polar surface area (TPSA) is 100 Å². The van der Waals surface area contributed by atoms with E-state index >= 15 is 0 Å². The first kappa shape index (κ1) is 16.7. The summed E-state index contributed by atoms with van der Waals surface area (Å²) in [4.78, 5) is 38.4. The third-order valence-corrected chi connectivity index (χ3v) is 5.60. The molecule has 2 fully saturated rings. The number of ether oxygens (including phenoxy) is 1. The summed E-state index contributed by atoms with van der Waals surface area (Å²) in [6.07, 6.45) is 1.68. The van der Waals surface area contributed by atoms with Crippen LogP contribution in [0, 0.1) is 11.8 Å². The van der Waals surface area contributed by atoms with E-state index in [1.54, 1.807) is 25.4 Å². The Morgan fingerprint density at radius 2 is 2.04 bits per heavy atom. The Kier molecular flexibility index (Phi) is 3.78. The lowest BCUT2D eigenvalue weighted by Gasteiger charge is -2.20. The van der Waals surface area contributed by atoms with E-state index in [1.807, 2.05) is 24.3 Å². The van der Waals surface area contributed by atoms with Gasteiger partial charge in [-0.25, -0.2) is 4.98 Å². The van der Waals surface area contributed by atoms with Gasteiger partial charge in [-0.3, -0.25) is 9.59 Å². The number of methoxy groups -OCH3 is 1. The maximum atomic E-state index is 12.6. The second kappa shape index (κ2) is 6.33. The van der Waals surface area contributed by atoms with Gasteiger partial charge in [0.15, 0.2) is 0 Å². The van der Waals surface area contributed by atoms with Gasteiger partial charge in [0.25, 0.3) is 11.5 Å². The summed E-state index contributed by atoms with van der Waals surface area (Å²) in [5, 5.41) is 3.86. The van der Waals surface area contributed by atoms with Gasteiger partial charge in [-0.05, 0) is 17.5 Å². The molecule has 8 heteroatoms. The van der Waals surface area contributed by atoms with E-state index in [4.69, 9.17) is 4.74 Å². The van der Waals surface area contributed by atoms with Crippen LogP contribution in [0.1, 0.15) is 10.4 Å². The van der Waals surface area contributed by atoms with Crippen LogP contribution in [0.5, 0.6) is 5.88 Å². The van der Waals surface area contributed by atoms with Crippen LogP contribution in [0.15, 0.2) is 47.4 Å². The van der Waals surface area contributed by atoms with Crippen LogP contribution in [0.4, 0.5) is 5.95 Å². The number of carbonyl (C=O) groups excluding carboxylic acids is 1. The minimum Gasteiger partial charge on any atom is -0.481 e. The first-order chi connectivity index (χ1) is 13.6. The van der Waals surface area contributed by atoms with Crippen molar-refractivity contribution in [3.63, 3.8) is 0 Å². The molecule has 1 unspecified atom stereocenters. The number of fused-ring (bicyclic) bond motifs is 2. The summed E-state index contributed by atoms with van der Waals surface area (Å²) < 4.78 is 5.15. The van der Waals surface area contributed by atoms with E-state index < -0.39 is 0 Å². The Labute approximate surface area is 160 Å². The molecule has 142 valence electrons. The van der Waals surface area contributed by atoms with Crippen LogP contribution >= 0.6 is 0 Å². The highest BCUT2D eigenvalue weighted by Crippen LogP contribution is 2.46. The highest BCUT2D eigenvalue weighted by Gasteiger charge is 2.57. The van der Waals surface area contributed by atoms with E-state index in [-0.39, 0.29) is 23.1 Å². The Morgan fingerprint density at radius 3 is 2.82 bits per heavy atom. The fourth-order valence-corrected chi connectivity index (χ4v) is 4.05. The van der Waals surface area contributed by atoms with E-state index in [1.165, 1.54) is 0 Å². The van der Waals surface area contributed by atoms with Crippen LogP contribution in [-0.2, 0) is 0 Å². The molecule has 0 bridgehead atoms. The molecule has 1 aliphatic heterocycles. The number of aromatic nitrogens is 3. The van der Waals surface area contributed by atoms with E-state index in [0.29, 0.717) is 23.7 Å². The SMILES string of the molecule is COc1ccnc(N2C[C@@H]3C(NC(=O)c4cc5ccccc5[nH]c4=O)[C@@H]3C2)n1. The number of benzene rings is 1. The van der Waals surface area contributed by atoms with Crippen LogP contribution in [0.25, 0.3) is 10.9 Å². The van der Waals surface area contributed by atoms with Gasteiger partial charge in [-0.1, -0.05) is 18.2 Å². The van der Waals surface area contributed by atoms with E-state index in [9.17, 15) is 9.59 Å². The Bertz CT molecular complexity index is 1120. The molecule has 1 saturated carbocycles. The van der Waals surface area contributed by atoms with Gasteiger partial charge < -0.3 is 19.9 Å². The lowest BCUT2D eigenvalue weighted by molar-refractivity contribution is 0.0945. The average Bonchev–Trinajstić information content (AvgIpc) is 3.15. The van der Waals surface area contributed by atoms with Gasteiger partial charge >= 0.3 is 0 Å². The molecular weight excluding hydrogens is 358 g/mol. The molecule has 1 saturated heterocycles. The zero-order valence-electron chi connectivity index (χ0n) is 15.3. The maximum Gasteiger partial charge on any atom is 0.261 e. The van der Waals surface area contributed by atoms with E-state index in [0.717, 1.165) is 24.0 Å². The second-order valence-corrected chi connectivity index (χ2v) is 7.23. The number of rotatable bonds is 4. The largest absolute Gasteiger partial charge is 0.481 e. The number of hydrogen-bond donors (Lipinski definition) is 2. The number of piperidine rings is 1. The standard InChI is InChI=1S/C20H19N5O3/c1-28-16-6-7-21-20(23-16)25-9-13-14(10-25)17(13)24-19(27)12-8-11-4-2-3-5-15(11)22-18(12)26/h2-8,13-14,17H,9-10H2,1H3,(H,22,26)(H,24,27)/t13-,14+,17?. The molecule has 2 N–H and O–H groups in total. The molecule has 2 aromatic heterocycles. The summed E-state index contributed by atoms with van der Waals surface area (Å²) in [7, 11) is 1.58. The number of pyridine rings is 1. The number of anilines is 1. The normalized spacial score (nSPS) is 22.8. The number of aromatic amines is 1. The zero-order valence-corrected chi connectivity index (χ0v) is 15.3. The van der Waals surface area contributed by atoms with Crippen molar-refractivity contribution >= 4 is 22.8 Å². The first-order valence-corrected chi connectivity index (χ1v) is 9.19. The minimum atomic E-state index is -0.367. The van der Waals surface area contributed by atoms with Gasteiger partial charge in [-0.2, -0.15) is 4.98 Å². The second-order valence-electron chi connectivity index (χ2n) is 7.23. The third kappa shape index (κ3) is 2.77. The van der Waals surface area contributed by atoms with Crippen molar-refractivity contribution in [2.45, 2.75) is 6.04 Å². The van der Waals surface area contributed by atoms with Gasteiger partial charge in [0.2, 0.25) is 11.8 Å². The molecule has 3 aromatic rings. The zero-order chi connectivity index (χ0) is 19.3. The Hall–Kier alpha value is -3.42. The molecule has 2 aliphatic rings. The lowest BCUT2D eigenvalue weighted by Crippen LogP contribution is -2.37. The van der Waals surface area contributed by atoms with Crippen LogP contribution < -0.4 is 20.5 Å². The number of amides is 1. The van der Waals surface area contributed by atoms with Crippen molar-refractivity contribution in [3.8, 4) is 5.88 Å². The van der Waals surface area contributed by atoms with Crippen LogP contribution in [0.3, 0.4) is 0 Å². The molecule has 0 spiro atoms. The number of carbonyl (C=O) groups is 1. The minimum absolute atomic E-state index is 0.0835. The summed E-state index contributed by atoms with van der Waals surface area (Å²) in [5.41, 5.74) is 0.506. The van der Waals surface area contributed by atoms with Crippen molar-refractivity contribution in [2.24, 2.45) is 11.8 Å². The molecule has 1 amide bonds. The number of nitrogens with one attached hydrogen (secondary N) is 2. The van der Waals surface area contributed by atoms with Crippen LogP contribution in [-0.4, -0.2) is 47.1 Å². The van der Waals surface area contributed by atoms with Crippen molar-refractivity contribution in [2.75, 3.05) is 25.1 Å². The summed E-state index contributed by atoms with van der Waals surface area (Å²) in [6.45, 7) is 1.55. The van der Waals surface area contributed by atoms with Crippen molar-refractivity contribution < 1.29 is 9.53 Å². The molecule has 1 aromatic carbocycles. The molecule has 3 heterocycles. The highest BCUT2D eigenvalue weighted by atomic mass is 16.5. The molecule has 1 aliphatic carbocycles. The van der Waals surface area contributed by atoms with Gasteiger partial charge in [0, 0.05) is 48.7 Å². The Morgan fingerprint density at radius 1 is 1.25 bits per heavy atom.